The Kier molecular flexibility index (Phi) is 6.07. The number of aromatic nitrogens is 1. The van der Waals surface area contributed by atoms with Gasteiger partial charge in [-0.05, 0) is 18.6 Å². The van der Waals surface area contributed by atoms with Crippen molar-refractivity contribution in [3.63, 3.8) is 0 Å². The number of amides is 1. The molecule has 0 radical (unpaired) electrons. The highest BCUT2D eigenvalue weighted by molar-refractivity contribution is 5.96. The second kappa shape index (κ2) is 7.65. The van der Waals surface area contributed by atoms with E-state index < -0.39 is 0 Å². The molecule has 0 bridgehead atoms. The second-order valence-electron chi connectivity index (χ2n) is 3.88. The van der Waals surface area contributed by atoms with Crippen LogP contribution in [0.5, 0.6) is 5.88 Å². The average molecular weight is 236 g/mol. The molecule has 0 saturated carbocycles. The molecule has 0 aliphatic heterocycles. The van der Waals surface area contributed by atoms with E-state index in [1.54, 1.807) is 18.3 Å². The predicted molar refractivity (Wildman–Crippen MR) is 67.3 cm³/mol. The highest BCUT2D eigenvalue weighted by Crippen LogP contribution is 2.12. The maximum absolute atomic E-state index is 11.8. The molecule has 1 aromatic rings. The van der Waals surface area contributed by atoms with Crippen LogP contribution >= 0.6 is 0 Å². The van der Waals surface area contributed by atoms with Gasteiger partial charge in [-0.15, -0.1) is 0 Å². The number of hydrogen-bond donors (Lipinski definition) is 1. The molecule has 1 aromatic heterocycles. The van der Waals surface area contributed by atoms with Gasteiger partial charge in [-0.1, -0.05) is 26.2 Å². The fraction of sp³-hybridized carbons (Fsp3) is 0.538. The lowest BCUT2D eigenvalue weighted by Crippen LogP contribution is -2.25. The lowest BCUT2D eigenvalue weighted by molar-refractivity contribution is 0.0949. The van der Waals surface area contributed by atoms with Crippen molar-refractivity contribution in [1.29, 1.82) is 0 Å². The molecule has 0 aromatic carbocycles. The fourth-order valence-electron chi connectivity index (χ4n) is 1.58. The molecule has 94 valence electrons. The van der Waals surface area contributed by atoms with E-state index in [2.05, 4.69) is 17.2 Å². The van der Waals surface area contributed by atoms with E-state index in [1.165, 1.54) is 20.0 Å². The summed E-state index contributed by atoms with van der Waals surface area (Å²) in [5.74, 6) is 0.255. The van der Waals surface area contributed by atoms with Crippen LogP contribution in [0.1, 0.15) is 43.0 Å². The van der Waals surface area contributed by atoms with Crippen molar-refractivity contribution in [2.75, 3.05) is 13.7 Å². The van der Waals surface area contributed by atoms with Gasteiger partial charge in [0.25, 0.3) is 5.91 Å². The Labute approximate surface area is 102 Å². The third-order valence-electron chi connectivity index (χ3n) is 2.53. The largest absolute Gasteiger partial charge is 0.480 e. The number of unbranched alkanes of at least 4 members (excludes halogenated alkanes) is 3. The minimum Gasteiger partial charge on any atom is -0.480 e. The van der Waals surface area contributed by atoms with Gasteiger partial charge in [0.1, 0.15) is 5.56 Å². The van der Waals surface area contributed by atoms with Crippen LogP contribution in [0.25, 0.3) is 0 Å². The molecule has 1 N–H and O–H groups in total. The number of ether oxygens (including phenoxy) is 1. The molecule has 0 spiro atoms. The molecule has 0 aliphatic rings. The Morgan fingerprint density at radius 1 is 1.41 bits per heavy atom. The summed E-state index contributed by atoms with van der Waals surface area (Å²) in [5.41, 5.74) is 0.491. The number of methoxy groups -OCH3 is 1. The van der Waals surface area contributed by atoms with Crippen molar-refractivity contribution in [3.05, 3.63) is 23.9 Å². The Morgan fingerprint density at radius 2 is 2.24 bits per heavy atom. The minimum atomic E-state index is -0.119. The Hall–Kier alpha value is -1.58. The highest BCUT2D eigenvalue weighted by Gasteiger charge is 2.11. The molecule has 0 fully saturated rings. The lowest BCUT2D eigenvalue weighted by atomic mass is 10.2. The van der Waals surface area contributed by atoms with Gasteiger partial charge in [-0.2, -0.15) is 0 Å². The van der Waals surface area contributed by atoms with Crippen LogP contribution in [0.15, 0.2) is 18.3 Å². The van der Waals surface area contributed by atoms with Crippen LogP contribution in [0.2, 0.25) is 0 Å². The smallest absolute Gasteiger partial charge is 0.256 e. The van der Waals surface area contributed by atoms with Crippen molar-refractivity contribution in [2.24, 2.45) is 0 Å². The van der Waals surface area contributed by atoms with E-state index in [-0.39, 0.29) is 5.91 Å². The monoisotopic (exact) mass is 236 g/mol. The van der Waals surface area contributed by atoms with Crippen LogP contribution in [0.3, 0.4) is 0 Å². The number of rotatable bonds is 7. The summed E-state index contributed by atoms with van der Waals surface area (Å²) in [6.07, 6.45) is 6.19. The zero-order valence-electron chi connectivity index (χ0n) is 10.5. The first kappa shape index (κ1) is 13.5. The van der Waals surface area contributed by atoms with Gasteiger partial charge in [-0.25, -0.2) is 4.98 Å². The van der Waals surface area contributed by atoms with E-state index >= 15 is 0 Å². The van der Waals surface area contributed by atoms with Crippen molar-refractivity contribution < 1.29 is 9.53 Å². The molecule has 0 unspecified atom stereocenters. The third-order valence-corrected chi connectivity index (χ3v) is 2.53. The molecule has 0 atom stereocenters. The van der Waals surface area contributed by atoms with Crippen LogP contribution in [-0.4, -0.2) is 24.5 Å². The first-order valence-electron chi connectivity index (χ1n) is 6.06. The quantitative estimate of drug-likeness (QED) is 0.740. The van der Waals surface area contributed by atoms with Gasteiger partial charge in [0.2, 0.25) is 5.88 Å². The summed E-state index contributed by atoms with van der Waals surface area (Å²) in [5, 5.41) is 2.87. The van der Waals surface area contributed by atoms with Gasteiger partial charge in [0.15, 0.2) is 0 Å². The van der Waals surface area contributed by atoms with Crippen LogP contribution in [0, 0.1) is 0 Å². The van der Waals surface area contributed by atoms with Crippen LogP contribution < -0.4 is 10.1 Å². The van der Waals surface area contributed by atoms with E-state index in [0.717, 1.165) is 12.8 Å². The van der Waals surface area contributed by atoms with Crippen molar-refractivity contribution in [1.82, 2.24) is 10.3 Å². The summed E-state index contributed by atoms with van der Waals surface area (Å²) in [4.78, 5) is 15.8. The molecule has 4 nitrogen and oxygen atoms in total. The van der Waals surface area contributed by atoms with Gasteiger partial charge in [-0.3, -0.25) is 4.79 Å². The number of pyridine rings is 1. The predicted octanol–water partition coefficient (Wildman–Crippen LogP) is 2.40. The topological polar surface area (TPSA) is 51.2 Å². The number of carbonyl (C=O) groups excluding carboxylic acids is 1. The third kappa shape index (κ3) is 4.43. The highest BCUT2D eigenvalue weighted by atomic mass is 16.5. The van der Waals surface area contributed by atoms with Gasteiger partial charge < -0.3 is 10.1 Å². The standard InChI is InChI=1S/C13H20N2O2/c1-3-4-5-6-9-14-12(16)11-8-7-10-15-13(11)17-2/h7-8,10H,3-6,9H2,1-2H3,(H,14,16). The molecule has 1 rings (SSSR count). The zero-order chi connectivity index (χ0) is 12.5. The Morgan fingerprint density at radius 3 is 2.94 bits per heavy atom. The summed E-state index contributed by atoms with van der Waals surface area (Å²) in [7, 11) is 1.51. The first-order chi connectivity index (χ1) is 8.29. The number of nitrogens with one attached hydrogen (secondary N) is 1. The molecule has 4 heteroatoms. The molecule has 0 saturated heterocycles. The van der Waals surface area contributed by atoms with Gasteiger partial charge in [0, 0.05) is 12.7 Å². The normalized spacial score (nSPS) is 10.0. The second-order valence-corrected chi connectivity index (χ2v) is 3.88. The van der Waals surface area contributed by atoms with E-state index in [9.17, 15) is 4.79 Å². The van der Waals surface area contributed by atoms with Crippen molar-refractivity contribution in [3.8, 4) is 5.88 Å². The lowest BCUT2D eigenvalue weighted by Gasteiger charge is -2.07. The molecule has 1 heterocycles. The zero-order valence-corrected chi connectivity index (χ0v) is 10.5. The van der Waals surface area contributed by atoms with E-state index in [1.807, 2.05) is 0 Å². The van der Waals surface area contributed by atoms with Crippen molar-refractivity contribution in [2.45, 2.75) is 32.6 Å². The molecular formula is C13H20N2O2. The van der Waals surface area contributed by atoms with Gasteiger partial charge >= 0.3 is 0 Å². The van der Waals surface area contributed by atoms with Crippen LogP contribution in [-0.2, 0) is 0 Å². The molecular weight excluding hydrogens is 216 g/mol. The summed E-state index contributed by atoms with van der Waals surface area (Å²) < 4.78 is 5.04. The number of nitrogens with zero attached hydrogens (tertiary/aromatic N) is 1. The molecule has 17 heavy (non-hydrogen) atoms. The average Bonchev–Trinajstić information content (AvgIpc) is 2.38. The Balaban J connectivity index is 2.41. The number of hydrogen-bond acceptors (Lipinski definition) is 3. The van der Waals surface area contributed by atoms with E-state index in [0.29, 0.717) is 18.0 Å². The summed E-state index contributed by atoms with van der Waals surface area (Å²) >= 11 is 0. The Bertz CT molecular complexity index is 353. The maximum Gasteiger partial charge on any atom is 0.256 e. The van der Waals surface area contributed by atoms with E-state index in [4.69, 9.17) is 4.74 Å². The van der Waals surface area contributed by atoms with Crippen LogP contribution in [0.4, 0.5) is 0 Å². The maximum atomic E-state index is 11.8. The van der Waals surface area contributed by atoms with Gasteiger partial charge in [0.05, 0.1) is 7.11 Å². The molecule has 0 aliphatic carbocycles. The SMILES string of the molecule is CCCCCCNC(=O)c1cccnc1OC. The fourth-order valence-corrected chi connectivity index (χ4v) is 1.58. The summed E-state index contributed by atoms with van der Waals surface area (Å²) in [6.45, 7) is 2.87. The van der Waals surface area contributed by atoms with Crippen molar-refractivity contribution >= 4 is 5.91 Å². The number of carbonyl (C=O) groups is 1. The molecule has 1 amide bonds. The summed E-state index contributed by atoms with van der Waals surface area (Å²) in [6, 6.07) is 3.45. The first-order valence-corrected chi connectivity index (χ1v) is 6.06. The minimum absolute atomic E-state index is 0.119.